The average Bonchev–Trinajstić information content (AvgIpc) is 2.05. The van der Waals surface area contributed by atoms with Gasteiger partial charge in [-0.25, -0.2) is 0 Å². The molecule has 0 aliphatic rings. The Hall–Kier alpha value is -0.120. The first kappa shape index (κ1) is 8.97. The van der Waals surface area contributed by atoms with E-state index in [1.54, 1.807) is 0 Å². The molecule has 0 aliphatic heterocycles. The fourth-order valence-corrected chi connectivity index (χ4v) is 2.21. The largest absolute Gasteiger partial charge is 0.600 e. The second-order valence-corrected chi connectivity index (χ2v) is 5.40. The maximum Gasteiger partial charge on any atom is 0.165 e. The van der Waals surface area contributed by atoms with Crippen LogP contribution in [0.15, 0.2) is 29.2 Å². The van der Waals surface area contributed by atoms with Gasteiger partial charge in [0.25, 0.3) is 0 Å². The third kappa shape index (κ3) is 2.43. The Kier molecular flexibility index (Phi) is 3.30. The quantitative estimate of drug-likeness (QED) is 0.523. The summed E-state index contributed by atoms with van der Waals surface area (Å²) in [6.07, 6.45) is 1.84. The molecule has 0 radical (unpaired) electrons. The Morgan fingerprint density at radius 2 is 1.82 bits per heavy atom. The third-order valence-electron chi connectivity index (χ3n) is 1.36. The molecule has 3 heteroatoms. The molecule has 60 valence electrons. The second-order valence-electron chi connectivity index (χ2n) is 2.21. The van der Waals surface area contributed by atoms with Crippen LogP contribution in [0.25, 0.3) is 0 Å². The lowest BCUT2D eigenvalue weighted by Gasteiger charge is -2.04. The van der Waals surface area contributed by atoms with E-state index in [1.165, 1.54) is 16.4 Å². The normalized spacial score (nSPS) is 13.0. The highest BCUT2D eigenvalue weighted by Crippen LogP contribution is 2.20. The molecule has 0 saturated carbocycles. The molecule has 0 aromatic heterocycles. The van der Waals surface area contributed by atoms with E-state index in [0.29, 0.717) is 0 Å². The minimum atomic E-state index is -0.882. The molecule has 0 bridgehead atoms. The molecule has 11 heavy (non-hydrogen) atoms. The Labute approximate surface area is 73.8 Å². The van der Waals surface area contributed by atoms with Crippen LogP contribution in [0.4, 0.5) is 0 Å². The molecule has 1 rings (SSSR count). The van der Waals surface area contributed by atoms with Gasteiger partial charge >= 0.3 is 0 Å². The van der Waals surface area contributed by atoms with Gasteiger partial charge in [-0.3, -0.25) is 0 Å². The molecule has 0 N–H and O–H groups in total. The van der Waals surface area contributed by atoms with Crippen molar-refractivity contribution in [1.82, 2.24) is 0 Å². The van der Waals surface area contributed by atoms with Gasteiger partial charge in [-0.05, 0) is 19.1 Å². The number of hydrogen-bond donors (Lipinski definition) is 0. The van der Waals surface area contributed by atoms with Crippen molar-refractivity contribution < 1.29 is 4.55 Å². The smallest absolute Gasteiger partial charge is 0.165 e. The van der Waals surface area contributed by atoms with Gasteiger partial charge in [-0.15, -0.1) is 0 Å². The summed E-state index contributed by atoms with van der Waals surface area (Å²) in [5, 5.41) is 0. The number of aryl methyl sites for hydroxylation is 1. The first-order valence-electron chi connectivity index (χ1n) is 3.27. The first-order chi connectivity index (χ1) is 5.24. The van der Waals surface area contributed by atoms with Crippen molar-refractivity contribution in [2.45, 2.75) is 11.8 Å². The lowest BCUT2D eigenvalue weighted by Crippen LogP contribution is -1.93. The Morgan fingerprint density at radius 1 is 1.27 bits per heavy atom. The fourth-order valence-electron chi connectivity index (χ4n) is 0.746. The van der Waals surface area contributed by atoms with Crippen LogP contribution in [-0.4, -0.2) is 10.8 Å². The van der Waals surface area contributed by atoms with Gasteiger partial charge in [-0.1, -0.05) is 17.7 Å². The zero-order valence-electron chi connectivity index (χ0n) is 6.53. The van der Waals surface area contributed by atoms with Gasteiger partial charge in [-0.2, -0.15) is 0 Å². The number of hydrogen-bond acceptors (Lipinski definition) is 2. The van der Waals surface area contributed by atoms with Gasteiger partial charge in [0.05, 0.1) is 21.0 Å². The highest BCUT2D eigenvalue weighted by molar-refractivity contribution is 8.71. The monoisotopic (exact) mass is 186 g/mol. The lowest BCUT2D eigenvalue weighted by molar-refractivity contribution is 0.609. The van der Waals surface area contributed by atoms with Crippen LogP contribution in [-0.2, 0) is 10.2 Å². The van der Waals surface area contributed by atoms with Crippen molar-refractivity contribution in [3.05, 3.63) is 29.8 Å². The summed E-state index contributed by atoms with van der Waals surface area (Å²) >= 11 is 0. The Balaban J connectivity index is 2.81. The summed E-state index contributed by atoms with van der Waals surface area (Å²) in [6, 6.07) is 7.76. The highest BCUT2D eigenvalue weighted by Gasteiger charge is 2.07. The molecule has 0 fully saturated rings. The lowest BCUT2D eigenvalue weighted by atomic mass is 10.2. The minimum Gasteiger partial charge on any atom is -0.600 e. The predicted molar refractivity (Wildman–Crippen MR) is 51.1 cm³/mol. The van der Waals surface area contributed by atoms with Gasteiger partial charge < -0.3 is 4.55 Å². The van der Waals surface area contributed by atoms with Crippen molar-refractivity contribution in [1.29, 1.82) is 0 Å². The van der Waals surface area contributed by atoms with Crippen LogP contribution < -0.4 is 0 Å². The van der Waals surface area contributed by atoms with Crippen molar-refractivity contribution in [2.24, 2.45) is 0 Å². The van der Waals surface area contributed by atoms with E-state index in [2.05, 4.69) is 0 Å². The summed E-state index contributed by atoms with van der Waals surface area (Å²) in [6.45, 7) is 2.02. The van der Waals surface area contributed by atoms with Crippen LogP contribution in [0, 0.1) is 6.92 Å². The van der Waals surface area contributed by atoms with E-state index in [9.17, 15) is 4.55 Å². The van der Waals surface area contributed by atoms with E-state index in [0.717, 1.165) is 4.90 Å². The van der Waals surface area contributed by atoms with Crippen molar-refractivity contribution >= 4 is 21.0 Å². The van der Waals surface area contributed by atoms with Crippen LogP contribution >= 0.6 is 10.8 Å². The van der Waals surface area contributed by atoms with E-state index in [-0.39, 0.29) is 0 Å². The summed E-state index contributed by atoms with van der Waals surface area (Å²) in [4.78, 5) is 0.892. The standard InChI is InChI=1S/C8H10OS2/c1-7-3-5-8(6-4-7)11(9)10-2/h3-6H,1-2H3. The molecule has 0 spiro atoms. The van der Waals surface area contributed by atoms with E-state index in [1.807, 2.05) is 37.4 Å². The molecule has 1 unspecified atom stereocenters. The minimum absolute atomic E-state index is 0.882. The molecule has 0 amide bonds. The topological polar surface area (TPSA) is 23.1 Å². The van der Waals surface area contributed by atoms with Crippen molar-refractivity contribution in [3.8, 4) is 0 Å². The maximum atomic E-state index is 11.2. The van der Waals surface area contributed by atoms with E-state index < -0.39 is 10.2 Å². The SMILES string of the molecule is CS[S+]([O-])c1ccc(C)cc1. The summed E-state index contributed by atoms with van der Waals surface area (Å²) in [5.74, 6) is 0. The Bertz CT molecular complexity index is 220. The molecule has 1 aromatic carbocycles. The fraction of sp³-hybridized carbons (Fsp3) is 0.250. The summed E-state index contributed by atoms with van der Waals surface area (Å²) < 4.78 is 11.2. The van der Waals surface area contributed by atoms with Crippen LogP contribution in [0.2, 0.25) is 0 Å². The molecule has 0 heterocycles. The molecular formula is C8H10OS2. The van der Waals surface area contributed by atoms with Crippen LogP contribution in [0.5, 0.6) is 0 Å². The maximum absolute atomic E-state index is 11.2. The molecule has 0 aliphatic carbocycles. The van der Waals surface area contributed by atoms with Crippen molar-refractivity contribution in [3.63, 3.8) is 0 Å². The second kappa shape index (κ2) is 4.04. The van der Waals surface area contributed by atoms with E-state index in [4.69, 9.17) is 0 Å². The summed E-state index contributed by atoms with van der Waals surface area (Å²) in [5.41, 5.74) is 1.20. The number of benzene rings is 1. The van der Waals surface area contributed by atoms with Crippen LogP contribution in [0.1, 0.15) is 5.56 Å². The average molecular weight is 186 g/mol. The Morgan fingerprint density at radius 3 is 2.27 bits per heavy atom. The third-order valence-corrected chi connectivity index (χ3v) is 3.81. The molecule has 1 atom stereocenters. The molecule has 1 aromatic rings. The molecule has 0 saturated heterocycles. The zero-order chi connectivity index (χ0) is 8.27. The molecule has 1 nitrogen and oxygen atoms in total. The zero-order valence-corrected chi connectivity index (χ0v) is 8.17. The number of rotatable bonds is 2. The van der Waals surface area contributed by atoms with Gasteiger partial charge in [0.15, 0.2) is 4.90 Å². The van der Waals surface area contributed by atoms with E-state index >= 15 is 0 Å². The molecular weight excluding hydrogens is 176 g/mol. The van der Waals surface area contributed by atoms with Gasteiger partial charge in [0.1, 0.15) is 0 Å². The highest BCUT2D eigenvalue weighted by atomic mass is 33.1. The van der Waals surface area contributed by atoms with Gasteiger partial charge in [0.2, 0.25) is 0 Å². The van der Waals surface area contributed by atoms with Crippen LogP contribution in [0.3, 0.4) is 0 Å². The first-order valence-corrected chi connectivity index (χ1v) is 6.16. The van der Waals surface area contributed by atoms with Gasteiger partial charge in [0, 0.05) is 6.26 Å². The predicted octanol–water partition coefficient (Wildman–Crippen LogP) is 2.38. The van der Waals surface area contributed by atoms with Crippen molar-refractivity contribution in [2.75, 3.05) is 6.26 Å². The summed E-state index contributed by atoms with van der Waals surface area (Å²) in [7, 11) is 0.474.